The Morgan fingerprint density at radius 2 is 1.26 bits per heavy atom. The molecule has 1 rings (SSSR count). The van der Waals surface area contributed by atoms with E-state index in [1.54, 1.807) is 53.7 Å². The highest BCUT2D eigenvalue weighted by molar-refractivity contribution is 8.76. The Morgan fingerprint density at radius 1 is 0.821 bits per heavy atom. The Labute approximate surface area is 235 Å². The molecule has 39 heavy (non-hydrogen) atoms. The van der Waals surface area contributed by atoms with Gasteiger partial charge in [-0.15, -0.1) is 0 Å². The molecule has 218 valence electrons. The number of Topliss-reactive ketones (excluding diaryl/α,β-unsaturated/α-hetero) is 2. The summed E-state index contributed by atoms with van der Waals surface area (Å²) in [5.74, 6) is -3.31. The van der Waals surface area contributed by atoms with Crippen molar-refractivity contribution in [3.63, 3.8) is 0 Å². The topological polar surface area (TPSA) is 194 Å². The summed E-state index contributed by atoms with van der Waals surface area (Å²) in [6.07, 6.45) is -1.78. The van der Waals surface area contributed by atoms with Crippen LogP contribution >= 0.6 is 21.6 Å². The number of carbonyl (C=O) groups excluding carboxylic acids is 4. The molecular weight excluding hydrogens is 550 g/mol. The average molecular weight is 588 g/mol. The third-order valence-corrected chi connectivity index (χ3v) is 6.94. The third kappa shape index (κ3) is 14.1. The molecule has 0 aliphatic rings. The van der Waals surface area contributed by atoms with Gasteiger partial charge in [-0.1, -0.05) is 33.7 Å². The smallest absolute Gasteiger partial charge is 0.408 e. The molecule has 1 aromatic carbocycles. The van der Waals surface area contributed by atoms with Crippen LogP contribution in [0.4, 0.5) is 9.59 Å². The third-order valence-electron chi connectivity index (χ3n) is 4.52. The highest BCUT2D eigenvalue weighted by Gasteiger charge is 2.32. The van der Waals surface area contributed by atoms with Crippen molar-refractivity contribution in [2.45, 2.75) is 77.3 Å². The quantitative estimate of drug-likeness (QED) is 0.129. The van der Waals surface area contributed by atoms with Crippen molar-refractivity contribution in [3.05, 3.63) is 29.8 Å². The second kappa shape index (κ2) is 15.0. The summed E-state index contributed by atoms with van der Waals surface area (Å²) in [6.45, 7) is 9.82. The van der Waals surface area contributed by atoms with Gasteiger partial charge in [-0.25, -0.2) is 14.4 Å². The first kappa shape index (κ1) is 34.1. The number of benzene rings is 1. The number of phenols is 1. The minimum atomic E-state index is -1.31. The number of amides is 2. The van der Waals surface area contributed by atoms with E-state index in [0.717, 1.165) is 21.6 Å². The van der Waals surface area contributed by atoms with Crippen LogP contribution in [0.1, 0.15) is 47.1 Å². The number of hydrogen-bond donors (Lipinski definition) is 5. The van der Waals surface area contributed by atoms with Crippen LogP contribution in [0.2, 0.25) is 0 Å². The van der Waals surface area contributed by atoms with Gasteiger partial charge in [0.25, 0.3) is 0 Å². The Kier molecular flexibility index (Phi) is 13.1. The van der Waals surface area contributed by atoms with Gasteiger partial charge in [0.2, 0.25) is 11.6 Å². The van der Waals surface area contributed by atoms with Crippen molar-refractivity contribution >= 4 is 51.3 Å². The second-order valence-electron chi connectivity index (χ2n) is 10.5. The minimum Gasteiger partial charge on any atom is -0.508 e. The Bertz CT molecular complexity index is 1020. The van der Waals surface area contributed by atoms with Gasteiger partial charge in [-0.2, -0.15) is 0 Å². The van der Waals surface area contributed by atoms with Crippen LogP contribution in [0.25, 0.3) is 0 Å². The number of carbonyl (C=O) groups is 5. The van der Waals surface area contributed by atoms with E-state index in [9.17, 15) is 34.2 Å². The molecule has 0 aromatic heterocycles. The Balaban J connectivity index is 2.85. The SMILES string of the molecule is CC(C)(C)OC(=O)NC(CSSCC(NC(=O)OC(C)(C)C)C(=O)C(=O)[C@@H](N)Cc1ccc(O)cc1)C(=O)O. The number of rotatable bonds is 13. The van der Waals surface area contributed by atoms with Gasteiger partial charge in [-0.3, -0.25) is 9.59 Å². The summed E-state index contributed by atoms with van der Waals surface area (Å²) in [5.41, 5.74) is 4.92. The van der Waals surface area contributed by atoms with Gasteiger partial charge in [0.15, 0.2) is 0 Å². The van der Waals surface area contributed by atoms with Crippen molar-refractivity contribution in [1.82, 2.24) is 10.6 Å². The predicted octanol–water partition coefficient (Wildman–Crippen LogP) is 2.65. The van der Waals surface area contributed by atoms with Gasteiger partial charge in [0, 0.05) is 11.5 Å². The molecule has 1 aromatic rings. The lowest BCUT2D eigenvalue weighted by molar-refractivity contribution is -0.138. The number of carboxylic acids is 1. The maximum atomic E-state index is 13.0. The maximum absolute atomic E-state index is 13.0. The van der Waals surface area contributed by atoms with E-state index >= 15 is 0 Å². The van der Waals surface area contributed by atoms with Crippen LogP contribution in [0, 0.1) is 0 Å². The molecule has 0 radical (unpaired) electrons. The van der Waals surface area contributed by atoms with Gasteiger partial charge in [-0.05, 0) is 65.7 Å². The van der Waals surface area contributed by atoms with E-state index in [4.69, 9.17) is 15.2 Å². The van der Waals surface area contributed by atoms with Crippen molar-refractivity contribution in [1.29, 1.82) is 0 Å². The summed E-state index contributed by atoms with van der Waals surface area (Å²) < 4.78 is 10.3. The molecule has 2 unspecified atom stereocenters. The lowest BCUT2D eigenvalue weighted by atomic mass is 9.98. The highest BCUT2D eigenvalue weighted by Crippen LogP contribution is 2.24. The molecule has 2 amide bonds. The molecular formula is C25H37N3O9S2. The normalized spacial score (nSPS) is 13.9. The number of aliphatic carboxylic acids is 1. The van der Waals surface area contributed by atoms with Crippen molar-refractivity contribution in [2.24, 2.45) is 5.73 Å². The molecule has 0 aliphatic carbocycles. The largest absolute Gasteiger partial charge is 0.508 e. The molecule has 3 atom stereocenters. The van der Waals surface area contributed by atoms with E-state index in [0.29, 0.717) is 5.56 Å². The van der Waals surface area contributed by atoms with Crippen LogP contribution in [0.5, 0.6) is 5.75 Å². The van der Waals surface area contributed by atoms with Crippen molar-refractivity contribution in [2.75, 3.05) is 11.5 Å². The number of ketones is 2. The fourth-order valence-electron chi connectivity index (χ4n) is 2.82. The second-order valence-corrected chi connectivity index (χ2v) is 13.1. The molecule has 0 aliphatic heterocycles. The van der Waals surface area contributed by atoms with E-state index < -0.39 is 59.0 Å². The van der Waals surface area contributed by atoms with Gasteiger partial charge >= 0.3 is 18.2 Å². The zero-order chi connectivity index (χ0) is 30.0. The predicted molar refractivity (Wildman–Crippen MR) is 149 cm³/mol. The van der Waals surface area contributed by atoms with Crippen LogP contribution in [-0.4, -0.2) is 80.8 Å². The van der Waals surface area contributed by atoms with E-state index in [1.165, 1.54) is 12.1 Å². The molecule has 0 saturated carbocycles. The zero-order valence-corrected chi connectivity index (χ0v) is 24.4. The first-order valence-corrected chi connectivity index (χ1v) is 14.4. The summed E-state index contributed by atoms with van der Waals surface area (Å²) in [5, 5.41) is 23.5. The summed E-state index contributed by atoms with van der Waals surface area (Å²) in [7, 11) is 2.03. The number of carboxylic acid groups (broad SMARTS) is 1. The molecule has 0 spiro atoms. The molecule has 0 saturated heterocycles. The Hall–Kier alpha value is -2.97. The van der Waals surface area contributed by atoms with E-state index in [2.05, 4.69) is 10.6 Å². The van der Waals surface area contributed by atoms with Crippen molar-refractivity contribution in [3.8, 4) is 5.75 Å². The number of aromatic hydroxyl groups is 1. The number of alkyl carbamates (subject to hydrolysis) is 2. The lowest BCUT2D eigenvalue weighted by Gasteiger charge is -2.23. The number of hydrogen-bond acceptors (Lipinski definition) is 11. The van der Waals surface area contributed by atoms with Gasteiger partial charge in [0.1, 0.15) is 29.0 Å². The minimum absolute atomic E-state index is 0.0303. The molecule has 14 heteroatoms. The van der Waals surface area contributed by atoms with Crippen molar-refractivity contribution < 1.29 is 43.7 Å². The van der Waals surface area contributed by atoms with Crippen LogP contribution < -0.4 is 16.4 Å². The van der Waals surface area contributed by atoms with Crippen LogP contribution in [-0.2, 0) is 30.3 Å². The molecule has 0 heterocycles. The molecule has 6 N–H and O–H groups in total. The fraction of sp³-hybridized carbons (Fsp3) is 0.560. The summed E-state index contributed by atoms with van der Waals surface area (Å²) >= 11 is 0. The number of nitrogens with two attached hydrogens (primary N) is 1. The first-order valence-electron chi connectivity index (χ1n) is 12.0. The molecule has 12 nitrogen and oxygen atoms in total. The van der Waals surface area contributed by atoms with Gasteiger partial charge < -0.3 is 36.1 Å². The molecule has 0 bridgehead atoms. The first-order chi connectivity index (χ1) is 17.9. The Morgan fingerprint density at radius 3 is 1.69 bits per heavy atom. The van der Waals surface area contributed by atoms with E-state index in [-0.39, 0.29) is 23.7 Å². The van der Waals surface area contributed by atoms with Crippen LogP contribution in [0.15, 0.2) is 24.3 Å². The summed E-state index contributed by atoms with van der Waals surface area (Å²) in [6, 6.07) is 2.20. The maximum Gasteiger partial charge on any atom is 0.408 e. The monoisotopic (exact) mass is 587 g/mol. The lowest BCUT2D eigenvalue weighted by Crippen LogP contribution is -2.51. The van der Waals surface area contributed by atoms with E-state index in [1.807, 2.05) is 0 Å². The highest BCUT2D eigenvalue weighted by atomic mass is 33.1. The number of nitrogens with one attached hydrogen (secondary N) is 2. The number of phenolic OH excluding ortho intramolecular Hbond substituents is 1. The van der Waals surface area contributed by atoms with Gasteiger partial charge in [0.05, 0.1) is 6.04 Å². The standard InChI is InChI=1S/C25H37N3O9S2/c1-24(2,3)36-22(34)27-17(20(31)19(30)16(26)11-14-7-9-15(29)10-8-14)12-38-39-13-18(21(32)33)28-23(35)37-25(4,5)6/h7-10,16-18,29H,11-13,26H2,1-6H3,(H,27,34)(H,28,35)(H,32,33)/t16-,17?,18?/m0/s1. The molecule has 0 fully saturated rings. The zero-order valence-electron chi connectivity index (χ0n) is 22.8. The number of ether oxygens (including phenoxy) is 2. The fourth-order valence-corrected chi connectivity index (χ4v) is 5.14. The van der Waals surface area contributed by atoms with Crippen LogP contribution in [0.3, 0.4) is 0 Å². The summed E-state index contributed by atoms with van der Waals surface area (Å²) in [4.78, 5) is 61.7. The average Bonchev–Trinajstić information content (AvgIpc) is 2.78.